The Kier molecular flexibility index (Phi) is 4.20. The molecule has 1 aromatic heterocycles. The largest absolute Gasteiger partial charge is 0.416 e. The maximum absolute atomic E-state index is 12.7. The second-order valence-corrected chi connectivity index (χ2v) is 5.26. The zero-order valence-electron chi connectivity index (χ0n) is 12.5. The lowest BCUT2D eigenvalue weighted by atomic mass is 10.1. The number of hydrogen-bond donors (Lipinski definition) is 1. The van der Waals surface area contributed by atoms with Crippen LogP contribution in [-0.2, 0) is 12.7 Å². The Morgan fingerprint density at radius 3 is 2.62 bits per heavy atom. The van der Waals surface area contributed by atoms with Gasteiger partial charge in [0.15, 0.2) is 0 Å². The van der Waals surface area contributed by atoms with Crippen molar-refractivity contribution in [1.29, 1.82) is 0 Å². The molecule has 1 heterocycles. The second-order valence-electron chi connectivity index (χ2n) is 5.26. The van der Waals surface area contributed by atoms with Gasteiger partial charge in [-0.25, -0.2) is 0 Å². The molecule has 0 fully saturated rings. The van der Waals surface area contributed by atoms with Crippen LogP contribution >= 0.6 is 0 Å². The van der Waals surface area contributed by atoms with E-state index in [0.29, 0.717) is 22.0 Å². The summed E-state index contributed by atoms with van der Waals surface area (Å²) in [5.74, 6) is -0.356. The summed E-state index contributed by atoms with van der Waals surface area (Å²) in [6, 6.07) is 13.6. The van der Waals surface area contributed by atoms with Gasteiger partial charge in [0.2, 0.25) is 0 Å². The van der Waals surface area contributed by atoms with E-state index in [0.717, 1.165) is 12.1 Å². The quantitative estimate of drug-likeness (QED) is 0.783. The van der Waals surface area contributed by atoms with Gasteiger partial charge in [0, 0.05) is 23.7 Å². The van der Waals surface area contributed by atoms with Crippen LogP contribution in [0.4, 0.5) is 13.2 Å². The van der Waals surface area contributed by atoms with Crippen molar-refractivity contribution in [2.75, 3.05) is 0 Å². The number of benzene rings is 2. The topological polar surface area (TPSA) is 42.0 Å². The van der Waals surface area contributed by atoms with E-state index < -0.39 is 11.7 Å². The van der Waals surface area contributed by atoms with Crippen molar-refractivity contribution in [3.63, 3.8) is 0 Å². The van der Waals surface area contributed by atoms with Gasteiger partial charge in [-0.2, -0.15) is 13.2 Å². The number of nitrogens with zero attached hydrogens (tertiary/aromatic N) is 1. The molecule has 2 aromatic carbocycles. The highest BCUT2D eigenvalue weighted by Gasteiger charge is 2.30. The summed E-state index contributed by atoms with van der Waals surface area (Å²) in [5, 5.41) is 3.35. The molecule has 0 bridgehead atoms. The first-order chi connectivity index (χ1) is 11.4. The number of carbonyl (C=O) groups is 1. The molecule has 0 aliphatic heterocycles. The highest BCUT2D eigenvalue weighted by atomic mass is 19.4. The normalized spacial score (nSPS) is 11.5. The highest BCUT2D eigenvalue weighted by Crippen LogP contribution is 2.29. The van der Waals surface area contributed by atoms with Crippen molar-refractivity contribution in [3.05, 3.63) is 77.5 Å². The number of nitrogens with one attached hydrogen (secondary N) is 1. The van der Waals surface area contributed by atoms with Crippen molar-refractivity contribution in [2.45, 2.75) is 12.7 Å². The van der Waals surface area contributed by atoms with Crippen molar-refractivity contribution >= 4 is 16.8 Å². The number of pyridine rings is 1. The summed E-state index contributed by atoms with van der Waals surface area (Å²) in [6.07, 6.45) is -2.77. The van der Waals surface area contributed by atoms with Crippen LogP contribution in [0.15, 0.2) is 60.8 Å². The number of halogens is 3. The smallest absolute Gasteiger partial charge is 0.348 e. The van der Waals surface area contributed by atoms with Gasteiger partial charge < -0.3 is 5.32 Å². The van der Waals surface area contributed by atoms with E-state index >= 15 is 0 Å². The molecule has 0 spiro atoms. The third kappa shape index (κ3) is 3.37. The van der Waals surface area contributed by atoms with Crippen LogP contribution in [0.5, 0.6) is 0 Å². The minimum Gasteiger partial charge on any atom is -0.348 e. The summed E-state index contributed by atoms with van der Waals surface area (Å²) in [7, 11) is 0. The molecule has 3 rings (SSSR count). The molecule has 0 saturated heterocycles. The Morgan fingerprint density at radius 2 is 1.83 bits per heavy atom. The number of fused-ring (bicyclic) bond motifs is 1. The van der Waals surface area contributed by atoms with Crippen LogP contribution in [0, 0.1) is 0 Å². The zero-order valence-corrected chi connectivity index (χ0v) is 12.5. The Balaban J connectivity index is 1.78. The highest BCUT2D eigenvalue weighted by molar-refractivity contribution is 6.06. The van der Waals surface area contributed by atoms with Crippen LogP contribution in [-0.4, -0.2) is 10.9 Å². The first-order valence-electron chi connectivity index (χ1n) is 7.23. The van der Waals surface area contributed by atoms with Crippen molar-refractivity contribution in [1.82, 2.24) is 10.3 Å². The third-order valence-electron chi connectivity index (χ3n) is 3.60. The molecule has 0 aliphatic rings. The minimum atomic E-state index is -4.40. The van der Waals surface area contributed by atoms with Gasteiger partial charge in [-0.05, 0) is 35.9 Å². The first kappa shape index (κ1) is 16.0. The lowest BCUT2D eigenvalue weighted by Gasteiger charge is -2.10. The summed E-state index contributed by atoms with van der Waals surface area (Å²) in [6.45, 7) is 0.0133. The predicted octanol–water partition coefficient (Wildman–Crippen LogP) is 4.18. The summed E-state index contributed by atoms with van der Waals surface area (Å²) in [4.78, 5) is 16.5. The van der Waals surface area contributed by atoms with Crippen LogP contribution in [0.2, 0.25) is 0 Å². The molecule has 0 unspecified atom stereocenters. The fourth-order valence-corrected chi connectivity index (χ4v) is 2.44. The lowest BCUT2D eigenvalue weighted by molar-refractivity contribution is -0.137. The molecule has 0 atom stereocenters. The Labute approximate surface area is 136 Å². The van der Waals surface area contributed by atoms with Gasteiger partial charge in [-0.1, -0.05) is 24.3 Å². The fraction of sp³-hybridized carbons (Fsp3) is 0.111. The van der Waals surface area contributed by atoms with E-state index in [4.69, 9.17) is 0 Å². The molecular formula is C18H13F3N2O. The maximum Gasteiger partial charge on any atom is 0.416 e. The van der Waals surface area contributed by atoms with Gasteiger partial charge in [0.1, 0.15) is 0 Å². The zero-order chi connectivity index (χ0) is 17.2. The number of rotatable bonds is 3. The van der Waals surface area contributed by atoms with Crippen molar-refractivity contribution in [3.8, 4) is 0 Å². The monoisotopic (exact) mass is 330 g/mol. The number of carbonyl (C=O) groups excluding carboxylic acids is 1. The Bertz CT molecular complexity index is 885. The Morgan fingerprint density at radius 1 is 1.04 bits per heavy atom. The van der Waals surface area contributed by atoms with Crippen LogP contribution in [0.1, 0.15) is 21.5 Å². The predicted molar refractivity (Wildman–Crippen MR) is 84.4 cm³/mol. The van der Waals surface area contributed by atoms with E-state index in [2.05, 4.69) is 10.3 Å². The molecule has 0 radical (unpaired) electrons. The molecule has 3 aromatic rings. The van der Waals surface area contributed by atoms with E-state index in [1.165, 1.54) is 6.07 Å². The van der Waals surface area contributed by atoms with Gasteiger partial charge in [-0.15, -0.1) is 0 Å². The average Bonchev–Trinajstić information content (AvgIpc) is 2.58. The maximum atomic E-state index is 12.7. The lowest BCUT2D eigenvalue weighted by Crippen LogP contribution is -2.23. The molecule has 1 amide bonds. The van der Waals surface area contributed by atoms with Gasteiger partial charge in [0.05, 0.1) is 11.1 Å². The summed E-state index contributed by atoms with van der Waals surface area (Å²) in [5.41, 5.74) is 0.775. The molecule has 0 aliphatic carbocycles. The second kappa shape index (κ2) is 6.31. The molecular weight excluding hydrogens is 317 g/mol. The molecule has 1 N–H and O–H groups in total. The van der Waals surface area contributed by atoms with Crippen molar-refractivity contribution < 1.29 is 18.0 Å². The van der Waals surface area contributed by atoms with E-state index in [1.54, 1.807) is 42.6 Å². The van der Waals surface area contributed by atoms with Crippen LogP contribution in [0.25, 0.3) is 10.9 Å². The Hall–Kier alpha value is -2.89. The molecule has 24 heavy (non-hydrogen) atoms. The van der Waals surface area contributed by atoms with Gasteiger partial charge in [-0.3, -0.25) is 9.78 Å². The minimum absolute atomic E-state index is 0.0133. The van der Waals surface area contributed by atoms with Crippen LogP contribution < -0.4 is 5.32 Å². The molecule has 0 saturated carbocycles. The summed E-state index contributed by atoms with van der Waals surface area (Å²) >= 11 is 0. The van der Waals surface area contributed by atoms with Crippen molar-refractivity contribution in [2.24, 2.45) is 0 Å². The average molecular weight is 330 g/mol. The van der Waals surface area contributed by atoms with Gasteiger partial charge in [0.25, 0.3) is 5.91 Å². The number of alkyl halides is 3. The molecule has 3 nitrogen and oxygen atoms in total. The molecule has 122 valence electrons. The third-order valence-corrected chi connectivity index (χ3v) is 3.60. The number of hydrogen-bond acceptors (Lipinski definition) is 2. The van der Waals surface area contributed by atoms with Gasteiger partial charge >= 0.3 is 6.18 Å². The fourth-order valence-electron chi connectivity index (χ4n) is 2.44. The summed E-state index contributed by atoms with van der Waals surface area (Å²) < 4.78 is 38.1. The standard InChI is InChI=1S/C18H13F3N2O/c19-18(20,21)13-5-1-4-12(10-13)11-23-17(24)15-6-2-8-16-14(15)7-3-9-22-16/h1-10H,11H2,(H,23,24). The molecule has 6 heteroatoms. The van der Waals surface area contributed by atoms with Crippen LogP contribution in [0.3, 0.4) is 0 Å². The van der Waals surface area contributed by atoms with E-state index in [9.17, 15) is 18.0 Å². The van der Waals surface area contributed by atoms with E-state index in [1.807, 2.05) is 0 Å². The number of aromatic nitrogens is 1. The number of amides is 1. The first-order valence-corrected chi connectivity index (χ1v) is 7.23. The van der Waals surface area contributed by atoms with E-state index in [-0.39, 0.29) is 12.5 Å². The SMILES string of the molecule is O=C(NCc1cccc(C(F)(F)F)c1)c1cccc2ncccc12.